The number of carbonyl (C=O) groups is 3. The predicted octanol–water partition coefficient (Wildman–Crippen LogP) is 20.5. The fourth-order valence-corrected chi connectivity index (χ4v) is 9.38. The van der Waals surface area contributed by atoms with Gasteiger partial charge in [0.05, 0.1) is 0 Å². The van der Waals surface area contributed by atoms with Crippen molar-refractivity contribution in [1.82, 2.24) is 0 Å². The van der Waals surface area contributed by atoms with E-state index in [2.05, 4.69) is 32.9 Å². The molecule has 0 aromatic rings. The number of unbranched alkanes of at least 4 members (excludes halogenated alkanes) is 44. The number of hydrogen-bond acceptors (Lipinski definition) is 6. The molecule has 0 aliphatic heterocycles. The molecular formula is C62H118O6. The second-order valence-electron chi connectivity index (χ2n) is 21.0. The highest BCUT2D eigenvalue weighted by atomic mass is 16.6. The van der Waals surface area contributed by atoms with E-state index in [0.717, 1.165) is 57.8 Å². The van der Waals surface area contributed by atoms with Gasteiger partial charge in [-0.2, -0.15) is 0 Å². The molecule has 0 fully saturated rings. The van der Waals surface area contributed by atoms with Crippen LogP contribution in [0.25, 0.3) is 0 Å². The maximum Gasteiger partial charge on any atom is 0.306 e. The third-order valence-corrected chi connectivity index (χ3v) is 14.0. The highest BCUT2D eigenvalue weighted by molar-refractivity contribution is 5.71. The zero-order valence-corrected chi connectivity index (χ0v) is 46.2. The lowest BCUT2D eigenvalue weighted by atomic mass is 10.0. The SMILES string of the molecule is CCCCCCCC/C=C\CCCCCCCCCCCC(=O)OC(COC(=O)CCCCCCCCCCCCC)COC(=O)CCCCCCCCCCCCCCCCCCCCCC. The van der Waals surface area contributed by atoms with Gasteiger partial charge in [0, 0.05) is 19.3 Å². The molecule has 0 amide bonds. The summed E-state index contributed by atoms with van der Waals surface area (Å²) in [4.78, 5) is 38.2. The van der Waals surface area contributed by atoms with E-state index >= 15 is 0 Å². The van der Waals surface area contributed by atoms with Crippen LogP contribution in [0, 0.1) is 0 Å². The van der Waals surface area contributed by atoms with Gasteiger partial charge in [0.2, 0.25) is 0 Å². The molecule has 0 radical (unpaired) electrons. The smallest absolute Gasteiger partial charge is 0.306 e. The Balaban J connectivity index is 4.24. The second-order valence-corrected chi connectivity index (χ2v) is 21.0. The van der Waals surface area contributed by atoms with E-state index < -0.39 is 6.10 Å². The van der Waals surface area contributed by atoms with E-state index in [1.54, 1.807) is 0 Å². The van der Waals surface area contributed by atoms with Crippen molar-refractivity contribution < 1.29 is 28.6 Å². The van der Waals surface area contributed by atoms with Gasteiger partial charge in [-0.3, -0.25) is 14.4 Å². The Kier molecular flexibility index (Phi) is 56.2. The monoisotopic (exact) mass is 959 g/mol. The first-order chi connectivity index (χ1) is 33.5. The molecule has 0 heterocycles. The number of ether oxygens (including phenoxy) is 3. The Bertz CT molecular complexity index is 1060. The van der Waals surface area contributed by atoms with Gasteiger partial charge in [-0.05, 0) is 44.9 Å². The second kappa shape index (κ2) is 57.7. The van der Waals surface area contributed by atoms with Crippen LogP contribution in [0.4, 0.5) is 0 Å². The summed E-state index contributed by atoms with van der Waals surface area (Å²) in [5, 5.41) is 0. The molecule has 0 N–H and O–H groups in total. The Morgan fingerprint density at radius 1 is 0.279 bits per heavy atom. The van der Waals surface area contributed by atoms with Crippen molar-refractivity contribution in [2.24, 2.45) is 0 Å². The molecule has 68 heavy (non-hydrogen) atoms. The number of rotatable bonds is 57. The Hall–Kier alpha value is -1.85. The van der Waals surface area contributed by atoms with Crippen molar-refractivity contribution in [3.8, 4) is 0 Å². The van der Waals surface area contributed by atoms with Gasteiger partial charge < -0.3 is 14.2 Å². The summed E-state index contributed by atoms with van der Waals surface area (Å²) in [6, 6.07) is 0. The van der Waals surface area contributed by atoms with Crippen LogP contribution in [0.3, 0.4) is 0 Å². The van der Waals surface area contributed by atoms with Crippen LogP contribution in [0.1, 0.15) is 348 Å². The summed E-state index contributed by atoms with van der Waals surface area (Å²) in [5.41, 5.74) is 0. The molecule has 6 nitrogen and oxygen atoms in total. The van der Waals surface area contributed by atoms with Crippen molar-refractivity contribution in [2.75, 3.05) is 13.2 Å². The molecule has 0 saturated carbocycles. The average molecular weight is 960 g/mol. The van der Waals surface area contributed by atoms with E-state index in [9.17, 15) is 14.4 Å². The molecule has 0 saturated heterocycles. The zero-order chi connectivity index (χ0) is 49.3. The van der Waals surface area contributed by atoms with Crippen LogP contribution < -0.4 is 0 Å². The number of hydrogen-bond donors (Lipinski definition) is 0. The molecule has 402 valence electrons. The van der Waals surface area contributed by atoms with Crippen LogP contribution in [0.2, 0.25) is 0 Å². The fourth-order valence-electron chi connectivity index (χ4n) is 9.38. The minimum Gasteiger partial charge on any atom is -0.462 e. The van der Waals surface area contributed by atoms with E-state index in [4.69, 9.17) is 14.2 Å². The number of allylic oxidation sites excluding steroid dienone is 2. The molecule has 0 rings (SSSR count). The van der Waals surface area contributed by atoms with Gasteiger partial charge in [-0.25, -0.2) is 0 Å². The van der Waals surface area contributed by atoms with Crippen LogP contribution >= 0.6 is 0 Å². The first-order valence-corrected chi connectivity index (χ1v) is 30.7. The Morgan fingerprint density at radius 2 is 0.485 bits per heavy atom. The summed E-state index contributed by atoms with van der Waals surface area (Å²) in [6.45, 7) is 6.69. The summed E-state index contributed by atoms with van der Waals surface area (Å²) < 4.78 is 16.9. The Morgan fingerprint density at radius 3 is 0.735 bits per heavy atom. The highest BCUT2D eigenvalue weighted by Gasteiger charge is 2.19. The van der Waals surface area contributed by atoms with Gasteiger partial charge in [-0.1, -0.05) is 296 Å². The van der Waals surface area contributed by atoms with Crippen LogP contribution in [0.15, 0.2) is 12.2 Å². The van der Waals surface area contributed by atoms with E-state index in [0.29, 0.717) is 19.3 Å². The molecule has 1 unspecified atom stereocenters. The van der Waals surface area contributed by atoms with Crippen molar-refractivity contribution in [3.05, 3.63) is 12.2 Å². The molecule has 0 aromatic heterocycles. The summed E-state index contributed by atoms with van der Waals surface area (Å²) >= 11 is 0. The molecule has 0 aromatic carbocycles. The molecule has 6 heteroatoms. The van der Waals surface area contributed by atoms with Crippen molar-refractivity contribution in [2.45, 2.75) is 354 Å². The number of esters is 3. The van der Waals surface area contributed by atoms with Gasteiger partial charge >= 0.3 is 17.9 Å². The maximum atomic E-state index is 12.9. The lowest BCUT2D eigenvalue weighted by molar-refractivity contribution is -0.167. The summed E-state index contributed by atoms with van der Waals surface area (Å²) in [7, 11) is 0. The van der Waals surface area contributed by atoms with Crippen molar-refractivity contribution in [1.29, 1.82) is 0 Å². The van der Waals surface area contributed by atoms with E-state index in [1.165, 1.54) is 250 Å². The van der Waals surface area contributed by atoms with Gasteiger partial charge in [0.15, 0.2) is 6.10 Å². The van der Waals surface area contributed by atoms with Crippen LogP contribution in [-0.2, 0) is 28.6 Å². The minimum atomic E-state index is -0.765. The molecule has 0 aliphatic carbocycles. The third-order valence-electron chi connectivity index (χ3n) is 14.0. The highest BCUT2D eigenvalue weighted by Crippen LogP contribution is 2.18. The normalized spacial score (nSPS) is 12.0. The largest absolute Gasteiger partial charge is 0.462 e. The lowest BCUT2D eigenvalue weighted by Gasteiger charge is -2.18. The quantitative estimate of drug-likeness (QED) is 0.0262. The van der Waals surface area contributed by atoms with Gasteiger partial charge in [-0.15, -0.1) is 0 Å². The minimum absolute atomic E-state index is 0.0645. The Labute approximate surface area is 424 Å². The average Bonchev–Trinajstić information content (AvgIpc) is 3.34. The molecule has 1 atom stereocenters. The van der Waals surface area contributed by atoms with Gasteiger partial charge in [0.25, 0.3) is 0 Å². The van der Waals surface area contributed by atoms with Crippen molar-refractivity contribution >= 4 is 17.9 Å². The van der Waals surface area contributed by atoms with Crippen molar-refractivity contribution in [3.63, 3.8) is 0 Å². The molecule has 0 spiro atoms. The van der Waals surface area contributed by atoms with E-state index in [1.807, 2.05) is 0 Å². The standard InChI is InChI=1S/C62H118O6/c1-4-7-10-13-16-19-22-24-26-28-30-32-33-35-37-40-43-46-49-52-55-61(64)67-58-59(57-66-60(63)54-51-48-45-42-39-21-18-15-12-9-6-3)68-62(65)56-53-50-47-44-41-38-36-34-31-29-27-25-23-20-17-14-11-8-5-2/h25,27,59H,4-24,26,28-58H2,1-3H3/b27-25-. The fraction of sp³-hybridized carbons (Fsp3) is 0.919. The maximum absolute atomic E-state index is 12.9. The third kappa shape index (κ3) is 55.1. The first-order valence-electron chi connectivity index (χ1n) is 30.7. The van der Waals surface area contributed by atoms with E-state index in [-0.39, 0.29) is 31.1 Å². The molecule has 0 aliphatic rings. The predicted molar refractivity (Wildman–Crippen MR) is 293 cm³/mol. The molecule has 0 bridgehead atoms. The first kappa shape index (κ1) is 66.2. The summed E-state index contributed by atoms with van der Waals surface area (Å²) in [5.74, 6) is -0.841. The van der Waals surface area contributed by atoms with Gasteiger partial charge in [0.1, 0.15) is 13.2 Å². The zero-order valence-electron chi connectivity index (χ0n) is 46.2. The lowest BCUT2D eigenvalue weighted by Crippen LogP contribution is -2.30. The van der Waals surface area contributed by atoms with Crippen LogP contribution in [0.5, 0.6) is 0 Å². The number of carbonyl (C=O) groups excluding carboxylic acids is 3. The summed E-state index contributed by atoms with van der Waals surface area (Å²) in [6.07, 6.45) is 66.4. The molecular weight excluding hydrogens is 841 g/mol. The van der Waals surface area contributed by atoms with Crippen LogP contribution in [-0.4, -0.2) is 37.2 Å². The topological polar surface area (TPSA) is 78.9 Å².